The molecule has 0 atom stereocenters. The number of carbonyl (C=O) groups is 1. The van der Waals surface area contributed by atoms with Crippen molar-refractivity contribution in [3.05, 3.63) is 22.7 Å². The zero-order valence-electron chi connectivity index (χ0n) is 10.5. The molecule has 0 unspecified atom stereocenters. The molecule has 1 aromatic carbocycles. The number of ether oxygens (including phenoxy) is 2. The summed E-state index contributed by atoms with van der Waals surface area (Å²) in [6.07, 6.45) is 0. The van der Waals surface area contributed by atoms with Crippen LogP contribution >= 0.6 is 11.6 Å². The van der Waals surface area contributed by atoms with Crippen molar-refractivity contribution in [2.75, 3.05) is 37.9 Å². The van der Waals surface area contributed by atoms with E-state index in [1.54, 1.807) is 6.07 Å². The Morgan fingerprint density at radius 1 is 1.50 bits per heavy atom. The van der Waals surface area contributed by atoms with Gasteiger partial charge in [0.05, 0.1) is 30.0 Å². The van der Waals surface area contributed by atoms with Crippen LogP contribution in [0.15, 0.2) is 12.1 Å². The molecule has 18 heavy (non-hydrogen) atoms. The van der Waals surface area contributed by atoms with Gasteiger partial charge in [0.2, 0.25) is 0 Å². The first-order chi connectivity index (χ1) is 8.60. The molecule has 0 aliphatic rings. The average molecular weight is 273 g/mol. The van der Waals surface area contributed by atoms with Gasteiger partial charge in [0, 0.05) is 18.8 Å². The van der Waals surface area contributed by atoms with Crippen LogP contribution in [0.4, 0.5) is 11.4 Å². The molecule has 0 aromatic heterocycles. The zero-order chi connectivity index (χ0) is 13.5. The lowest BCUT2D eigenvalue weighted by Crippen LogP contribution is -2.14. The lowest BCUT2D eigenvalue weighted by Gasteiger charge is -2.13. The molecule has 0 bridgehead atoms. The third-order valence-corrected chi connectivity index (χ3v) is 2.57. The molecule has 0 amide bonds. The number of nitrogens with one attached hydrogen (secondary N) is 1. The van der Waals surface area contributed by atoms with Crippen molar-refractivity contribution in [2.24, 2.45) is 0 Å². The van der Waals surface area contributed by atoms with Gasteiger partial charge in [0.25, 0.3) is 0 Å². The van der Waals surface area contributed by atoms with Gasteiger partial charge < -0.3 is 20.5 Å². The van der Waals surface area contributed by atoms with E-state index in [4.69, 9.17) is 26.8 Å². The van der Waals surface area contributed by atoms with E-state index >= 15 is 0 Å². The van der Waals surface area contributed by atoms with E-state index in [9.17, 15) is 4.79 Å². The standard InChI is InChI=1S/C12H17ClN2O3/c1-3-18-5-4-15-11-9(12(16)17-2)6-8(14)7-10(11)13/h6-7,15H,3-5,14H2,1-2H3. The maximum Gasteiger partial charge on any atom is 0.340 e. The van der Waals surface area contributed by atoms with Crippen LogP contribution in [0, 0.1) is 0 Å². The Morgan fingerprint density at radius 2 is 2.22 bits per heavy atom. The summed E-state index contributed by atoms with van der Waals surface area (Å²) in [5, 5.41) is 3.43. The largest absolute Gasteiger partial charge is 0.465 e. The van der Waals surface area contributed by atoms with E-state index in [0.717, 1.165) is 0 Å². The Labute approximate surface area is 111 Å². The number of hydrogen-bond donors (Lipinski definition) is 2. The summed E-state index contributed by atoms with van der Waals surface area (Å²) in [5.41, 5.74) is 6.90. The second kappa shape index (κ2) is 7.08. The fourth-order valence-electron chi connectivity index (χ4n) is 1.47. The van der Waals surface area contributed by atoms with Crippen LogP contribution in [0.5, 0.6) is 0 Å². The molecule has 0 spiro atoms. The van der Waals surface area contributed by atoms with E-state index in [2.05, 4.69) is 5.32 Å². The number of anilines is 2. The van der Waals surface area contributed by atoms with Gasteiger partial charge in [-0.05, 0) is 19.1 Å². The van der Waals surface area contributed by atoms with Gasteiger partial charge in [0.1, 0.15) is 0 Å². The minimum absolute atomic E-state index is 0.319. The number of nitrogens with two attached hydrogens (primary N) is 1. The molecule has 3 N–H and O–H groups in total. The summed E-state index contributed by atoms with van der Waals surface area (Å²) in [6, 6.07) is 3.11. The van der Waals surface area contributed by atoms with Gasteiger partial charge in [-0.15, -0.1) is 0 Å². The van der Waals surface area contributed by atoms with Gasteiger partial charge in [-0.3, -0.25) is 0 Å². The minimum atomic E-state index is -0.483. The van der Waals surface area contributed by atoms with Gasteiger partial charge in [-0.2, -0.15) is 0 Å². The average Bonchev–Trinajstić information content (AvgIpc) is 2.35. The highest BCUT2D eigenvalue weighted by Crippen LogP contribution is 2.29. The van der Waals surface area contributed by atoms with Crippen LogP contribution in [0.3, 0.4) is 0 Å². The molecule has 0 aliphatic carbocycles. The number of hydrogen-bond acceptors (Lipinski definition) is 5. The third-order valence-electron chi connectivity index (χ3n) is 2.27. The predicted octanol–water partition coefficient (Wildman–Crippen LogP) is 2.16. The summed E-state index contributed by atoms with van der Waals surface area (Å²) in [6.45, 7) is 3.62. The molecule has 0 radical (unpaired) electrons. The Morgan fingerprint density at radius 3 is 2.83 bits per heavy atom. The topological polar surface area (TPSA) is 73.6 Å². The summed E-state index contributed by atoms with van der Waals surface area (Å²) >= 11 is 6.06. The summed E-state index contributed by atoms with van der Waals surface area (Å²) in [7, 11) is 1.31. The molecular formula is C12H17ClN2O3. The number of carbonyl (C=O) groups excluding carboxylic acids is 1. The second-order valence-electron chi connectivity index (χ2n) is 3.54. The first-order valence-electron chi connectivity index (χ1n) is 5.59. The Kier molecular flexibility index (Phi) is 5.74. The minimum Gasteiger partial charge on any atom is -0.465 e. The zero-order valence-corrected chi connectivity index (χ0v) is 11.2. The lowest BCUT2D eigenvalue weighted by molar-refractivity contribution is 0.0601. The monoisotopic (exact) mass is 272 g/mol. The van der Waals surface area contributed by atoms with Gasteiger partial charge in [0.15, 0.2) is 0 Å². The number of methoxy groups -OCH3 is 1. The highest BCUT2D eigenvalue weighted by Gasteiger charge is 2.15. The Balaban J connectivity index is 2.90. The maximum atomic E-state index is 11.6. The molecule has 0 saturated heterocycles. The van der Waals surface area contributed by atoms with Crippen molar-refractivity contribution in [1.82, 2.24) is 0 Å². The van der Waals surface area contributed by atoms with E-state index in [1.165, 1.54) is 13.2 Å². The molecule has 0 saturated carbocycles. The van der Waals surface area contributed by atoms with Crippen molar-refractivity contribution >= 4 is 28.9 Å². The predicted molar refractivity (Wildman–Crippen MR) is 72.2 cm³/mol. The van der Waals surface area contributed by atoms with Crippen molar-refractivity contribution in [2.45, 2.75) is 6.92 Å². The second-order valence-corrected chi connectivity index (χ2v) is 3.95. The third kappa shape index (κ3) is 3.78. The quantitative estimate of drug-likeness (QED) is 0.472. The Bertz CT molecular complexity index is 424. The van der Waals surface area contributed by atoms with Crippen LogP contribution in [0.1, 0.15) is 17.3 Å². The van der Waals surface area contributed by atoms with E-state index in [-0.39, 0.29) is 0 Å². The lowest BCUT2D eigenvalue weighted by atomic mass is 10.1. The Hall–Kier alpha value is -1.46. The molecule has 1 aromatic rings. The molecule has 1 rings (SSSR count). The van der Waals surface area contributed by atoms with Crippen LogP contribution in [-0.2, 0) is 9.47 Å². The number of nitrogen functional groups attached to an aromatic ring is 1. The van der Waals surface area contributed by atoms with Gasteiger partial charge in [-0.1, -0.05) is 11.6 Å². The fourth-order valence-corrected chi connectivity index (χ4v) is 1.77. The van der Waals surface area contributed by atoms with Crippen molar-refractivity contribution in [3.63, 3.8) is 0 Å². The van der Waals surface area contributed by atoms with Crippen LogP contribution in [0.25, 0.3) is 0 Å². The smallest absolute Gasteiger partial charge is 0.340 e. The van der Waals surface area contributed by atoms with E-state index in [1.807, 2.05) is 6.92 Å². The molecule has 0 heterocycles. The molecule has 5 nitrogen and oxygen atoms in total. The highest BCUT2D eigenvalue weighted by molar-refractivity contribution is 6.34. The number of rotatable bonds is 6. The van der Waals surface area contributed by atoms with Crippen molar-refractivity contribution < 1.29 is 14.3 Å². The number of esters is 1. The van der Waals surface area contributed by atoms with Gasteiger partial charge >= 0.3 is 5.97 Å². The first kappa shape index (κ1) is 14.6. The maximum absolute atomic E-state index is 11.6. The molecule has 100 valence electrons. The van der Waals surface area contributed by atoms with E-state index in [0.29, 0.717) is 41.7 Å². The molecule has 6 heteroatoms. The van der Waals surface area contributed by atoms with Gasteiger partial charge in [-0.25, -0.2) is 4.79 Å². The van der Waals surface area contributed by atoms with Crippen LogP contribution in [0.2, 0.25) is 5.02 Å². The fraction of sp³-hybridized carbons (Fsp3) is 0.417. The first-order valence-corrected chi connectivity index (χ1v) is 5.96. The number of halogens is 1. The summed E-state index contributed by atoms with van der Waals surface area (Å²) < 4.78 is 9.89. The normalized spacial score (nSPS) is 10.2. The number of benzene rings is 1. The van der Waals surface area contributed by atoms with Crippen LogP contribution in [-0.4, -0.2) is 32.8 Å². The molecule has 0 fully saturated rings. The SMILES string of the molecule is CCOCCNc1c(Cl)cc(N)cc1C(=O)OC. The van der Waals surface area contributed by atoms with Crippen molar-refractivity contribution in [3.8, 4) is 0 Å². The van der Waals surface area contributed by atoms with E-state index < -0.39 is 5.97 Å². The summed E-state index contributed by atoms with van der Waals surface area (Å²) in [5.74, 6) is -0.483. The van der Waals surface area contributed by atoms with Crippen molar-refractivity contribution in [1.29, 1.82) is 0 Å². The summed E-state index contributed by atoms with van der Waals surface area (Å²) in [4.78, 5) is 11.6. The highest BCUT2D eigenvalue weighted by atomic mass is 35.5. The molecule has 0 aliphatic heterocycles. The van der Waals surface area contributed by atoms with Crippen LogP contribution < -0.4 is 11.1 Å². The molecular weight excluding hydrogens is 256 g/mol.